The fourth-order valence-electron chi connectivity index (χ4n) is 1.55. The van der Waals surface area contributed by atoms with Gasteiger partial charge in [-0.15, -0.1) is 0 Å². The zero-order chi connectivity index (χ0) is 13.7. The molecule has 0 N–H and O–H groups in total. The van der Waals surface area contributed by atoms with Crippen molar-refractivity contribution < 1.29 is 24.5 Å². The van der Waals surface area contributed by atoms with E-state index in [9.17, 15) is 19.8 Å². The molecule has 5 nitrogen and oxygen atoms in total. The lowest BCUT2D eigenvalue weighted by molar-refractivity contribution is -0.317. The second kappa shape index (κ2) is 6.05. The first-order valence-electron chi connectivity index (χ1n) is 5.57. The van der Waals surface area contributed by atoms with Gasteiger partial charge in [-0.1, -0.05) is 12.1 Å². The molecule has 0 radical (unpaired) electrons. The van der Waals surface area contributed by atoms with Crippen LogP contribution in [0.25, 0.3) is 0 Å². The van der Waals surface area contributed by atoms with Crippen LogP contribution in [0, 0.1) is 0 Å². The molecular weight excluding hydrogens is 236 g/mol. The first-order chi connectivity index (χ1) is 8.40. The maximum absolute atomic E-state index is 10.9. The Morgan fingerprint density at radius 1 is 1.17 bits per heavy atom. The summed E-state index contributed by atoms with van der Waals surface area (Å²) in [5, 5.41) is 21.3. The molecule has 1 aromatic rings. The van der Waals surface area contributed by atoms with E-state index in [0.717, 1.165) is 0 Å². The summed E-state index contributed by atoms with van der Waals surface area (Å²) >= 11 is 0. The molecular formula is C13H14O5-2. The number of aliphatic carboxylic acids is 2. The summed E-state index contributed by atoms with van der Waals surface area (Å²) in [4.78, 5) is 21.3. The molecule has 0 fully saturated rings. The molecule has 0 aliphatic carbocycles. The summed E-state index contributed by atoms with van der Waals surface area (Å²) < 4.78 is 5.40. The number of rotatable bonds is 6. The molecule has 0 amide bonds. The number of carboxylic acids is 2. The van der Waals surface area contributed by atoms with Crippen LogP contribution in [0.4, 0.5) is 0 Å². The lowest BCUT2D eigenvalue weighted by Crippen LogP contribution is -2.34. The number of benzene rings is 1. The zero-order valence-corrected chi connectivity index (χ0v) is 10.2. The van der Waals surface area contributed by atoms with Crippen molar-refractivity contribution in [3.63, 3.8) is 0 Å². The normalized spacial score (nSPS) is 12.2. The second-order valence-electron chi connectivity index (χ2n) is 4.18. The molecule has 1 rings (SSSR count). The standard InChI is InChI=1S/C13H16O5/c1-8(2)18-10-5-3-9(4-6-10)11(13(16)17)7-12(14)15/h3-6,8,11H,7H2,1-2H3,(H,14,15)(H,16,17)/p-2/t11-/m0/s1. The zero-order valence-electron chi connectivity index (χ0n) is 10.2. The number of carbonyl (C=O) groups excluding carboxylic acids is 2. The van der Waals surface area contributed by atoms with E-state index >= 15 is 0 Å². The predicted molar refractivity (Wildman–Crippen MR) is 59.6 cm³/mol. The number of carboxylic acid groups (broad SMARTS) is 2. The highest BCUT2D eigenvalue weighted by atomic mass is 16.5. The molecule has 0 bridgehead atoms. The van der Waals surface area contributed by atoms with E-state index in [4.69, 9.17) is 4.74 Å². The largest absolute Gasteiger partial charge is 0.550 e. The maximum atomic E-state index is 10.9. The summed E-state index contributed by atoms with van der Waals surface area (Å²) in [7, 11) is 0. The van der Waals surface area contributed by atoms with E-state index in [1.54, 1.807) is 12.1 Å². The molecule has 0 aliphatic heterocycles. The Morgan fingerprint density at radius 3 is 2.11 bits per heavy atom. The van der Waals surface area contributed by atoms with Gasteiger partial charge in [0.05, 0.1) is 6.10 Å². The molecule has 5 heteroatoms. The Bertz CT molecular complexity index is 422. The molecule has 0 heterocycles. The van der Waals surface area contributed by atoms with Crippen molar-refractivity contribution in [3.05, 3.63) is 29.8 Å². The molecule has 0 saturated heterocycles. The number of carbonyl (C=O) groups is 2. The van der Waals surface area contributed by atoms with Crippen LogP contribution in [0.15, 0.2) is 24.3 Å². The summed E-state index contributed by atoms with van der Waals surface area (Å²) in [6.07, 6.45) is -0.594. The van der Waals surface area contributed by atoms with Crippen LogP contribution in [-0.2, 0) is 9.59 Å². The lowest BCUT2D eigenvalue weighted by Gasteiger charge is -2.19. The SMILES string of the molecule is CC(C)Oc1ccc([C@H](CC(=O)[O-])C(=O)[O-])cc1. The van der Waals surface area contributed by atoms with E-state index < -0.39 is 24.3 Å². The molecule has 0 spiro atoms. The average Bonchev–Trinajstić information content (AvgIpc) is 2.26. The number of hydrogen-bond donors (Lipinski definition) is 0. The highest BCUT2D eigenvalue weighted by Crippen LogP contribution is 2.22. The maximum Gasteiger partial charge on any atom is 0.119 e. The van der Waals surface area contributed by atoms with E-state index in [0.29, 0.717) is 11.3 Å². The Kier molecular flexibility index (Phi) is 4.71. The Hall–Kier alpha value is -2.04. The second-order valence-corrected chi connectivity index (χ2v) is 4.18. The third-order valence-electron chi connectivity index (χ3n) is 2.31. The first-order valence-corrected chi connectivity index (χ1v) is 5.57. The van der Waals surface area contributed by atoms with Crippen LogP contribution in [0.1, 0.15) is 31.7 Å². The van der Waals surface area contributed by atoms with E-state index in [1.807, 2.05) is 13.8 Å². The van der Waals surface area contributed by atoms with Crippen molar-refractivity contribution in [2.45, 2.75) is 32.3 Å². The van der Waals surface area contributed by atoms with Gasteiger partial charge < -0.3 is 24.5 Å². The van der Waals surface area contributed by atoms with Crippen LogP contribution in [0.2, 0.25) is 0 Å². The van der Waals surface area contributed by atoms with Crippen molar-refractivity contribution in [2.24, 2.45) is 0 Å². The van der Waals surface area contributed by atoms with Crippen LogP contribution >= 0.6 is 0 Å². The van der Waals surface area contributed by atoms with Crippen molar-refractivity contribution in [2.75, 3.05) is 0 Å². The van der Waals surface area contributed by atoms with Gasteiger partial charge in [-0.3, -0.25) is 0 Å². The summed E-state index contributed by atoms with van der Waals surface area (Å²) in [5.41, 5.74) is 0.357. The molecule has 0 unspecified atom stereocenters. The van der Waals surface area contributed by atoms with Gasteiger partial charge >= 0.3 is 0 Å². The van der Waals surface area contributed by atoms with Crippen LogP contribution < -0.4 is 14.9 Å². The van der Waals surface area contributed by atoms with Gasteiger partial charge in [-0.25, -0.2) is 0 Å². The van der Waals surface area contributed by atoms with Crippen molar-refractivity contribution in [1.29, 1.82) is 0 Å². The average molecular weight is 250 g/mol. The summed E-state index contributed by atoms with van der Waals surface area (Å²) in [5.74, 6) is -3.47. The van der Waals surface area contributed by atoms with Crippen molar-refractivity contribution in [3.8, 4) is 5.75 Å². The Labute approximate surface area is 105 Å². The Balaban J connectivity index is 2.86. The van der Waals surface area contributed by atoms with E-state index in [1.165, 1.54) is 12.1 Å². The molecule has 0 saturated carbocycles. The fourth-order valence-corrected chi connectivity index (χ4v) is 1.55. The smallest absolute Gasteiger partial charge is 0.119 e. The quantitative estimate of drug-likeness (QED) is 0.675. The van der Waals surface area contributed by atoms with Gasteiger partial charge in [0.1, 0.15) is 5.75 Å². The molecule has 18 heavy (non-hydrogen) atoms. The minimum absolute atomic E-state index is 0.0102. The van der Waals surface area contributed by atoms with Crippen LogP contribution in [0.5, 0.6) is 5.75 Å². The minimum atomic E-state index is -1.43. The number of ether oxygens (including phenoxy) is 1. The summed E-state index contributed by atoms with van der Waals surface area (Å²) in [6, 6.07) is 6.23. The highest BCUT2D eigenvalue weighted by molar-refractivity contribution is 5.80. The highest BCUT2D eigenvalue weighted by Gasteiger charge is 2.13. The molecule has 0 aliphatic rings. The van der Waals surface area contributed by atoms with Gasteiger partial charge in [0.15, 0.2) is 0 Å². The molecule has 0 aromatic heterocycles. The minimum Gasteiger partial charge on any atom is -0.550 e. The van der Waals surface area contributed by atoms with Gasteiger partial charge in [-0.05, 0) is 38.0 Å². The lowest BCUT2D eigenvalue weighted by atomic mass is 9.96. The fraction of sp³-hybridized carbons (Fsp3) is 0.385. The molecule has 98 valence electrons. The molecule has 1 atom stereocenters. The Morgan fingerprint density at radius 2 is 1.72 bits per heavy atom. The van der Waals surface area contributed by atoms with Gasteiger partial charge in [-0.2, -0.15) is 0 Å². The van der Waals surface area contributed by atoms with Crippen molar-refractivity contribution in [1.82, 2.24) is 0 Å². The third kappa shape index (κ3) is 4.08. The summed E-state index contributed by atoms with van der Waals surface area (Å²) in [6.45, 7) is 3.74. The van der Waals surface area contributed by atoms with E-state index in [-0.39, 0.29) is 6.10 Å². The third-order valence-corrected chi connectivity index (χ3v) is 2.31. The van der Waals surface area contributed by atoms with Crippen LogP contribution in [-0.4, -0.2) is 18.0 Å². The van der Waals surface area contributed by atoms with E-state index in [2.05, 4.69) is 0 Å². The van der Waals surface area contributed by atoms with Gasteiger partial charge in [0, 0.05) is 17.9 Å². The first kappa shape index (κ1) is 14.0. The van der Waals surface area contributed by atoms with Gasteiger partial charge in [0.2, 0.25) is 0 Å². The van der Waals surface area contributed by atoms with Crippen LogP contribution in [0.3, 0.4) is 0 Å². The predicted octanol–water partition coefficient (Wildman–Crippen LogP) is -0.553. The topological polar surface area (TPSA) is 89.5 Å². The van der Waals surface area contributed by atoms with Gasteiger partial charge in [0.25, 0.3) is 0 Å². The van der Waals surface area contributed by atoms with Crippen molar-refractivity contribution >= 4 is 11.9 Å². The number of hydrogen-bond acceptors (Lipinski definition) is 5. The monoisotopic (exact) mass is 250 g/mol. The molecule has 1 aromatic carbocycles.